The molecule has 112 valence electrons. The van der Waals surface area contributed by atoms with E-state index in [-0.39, 0.29) is 23.4 Å². The van der Waals surface area contributed by atoms with E-state index >= 15 is 0 Å². The zero-order valence-corrected chi connectivity index (χ0v) is 11.4. The van der Waals surface area contributed by atoms with Gasteiger partial charge >= 0.3 is 0 Å². The normalized spacial score (nSPS) is 22.9. The molecule has 0 saturated heterocycles. The number of hydrogen-bond acceptors (Lipinski definition) is 6. The number of halogens is 1. The van der Waals surface area contributed by atoms with Crippen molar-refractivity contribution < 1.29 is 19.7 Å². The number of rotatable bonds is 2. The van der Waals surface area contributed by atoms with Crippen molar-refractivity contribution in [3.05, 3.63) is 53.6 Å². The standard InChI is InChI=1S/C14H13BFN3O3/c15-14(22)9-5-8(18-11-4-2-1-3-10(11)16)7-17-12(9)6-13(20,21)19-14/h1-5,7,18-22H,6H2. The summed E-state index contributed by atoms with van der Waals surface area (Å²) in [4.78, 5) is 4.05. The number of hydrogen-bond donors (Lipinski definition) is 5. The minimum atomic E-state index is -2.36. The molecule has 2 aromatic rings. The van der Waals surface area contributed by atoms with E-state index in [0.29, 0.717) is 5.69 Å². The van der Waals surface area contributed by atoms with Gasteiger partial charge in [-0.25, -0.2) is 9.71 Å². The van der Waals surface area contributed by atoms with E-state index in [2.05, 4.69) is 15.6 Å². The third-order valence-electron chi connectivity index (χ3n) is 3.34. The number of benzene rings is 1. The van der Waals surface area contributed by atoms with Crippen LogP contribution < -0.4 is 10.6 Å². The van der Waals surface area contributed by atoms with Gasteiger partial charge in [0.2, 0.25) is 5.91 Å². The van der Waals surface area contributed by atoms with Gasteiger partial charge in [-0.05, 0) is 18.2 Å². The maximum atomic E-state index is 13.6. The molecule has 0 bridgehead atoms. The molecule has 1 unspecified atom stereocenters. The number of aromatic nitrogens is 1. The number of fused-ring (bicyclic) bond motifs is 1. The molecule has 6 nitrogen and oxygen atoms in total. The maximum Gasteiger partial charge on any atom is 0.229 e. The lowest BCUT2D eigenvalue weighted by Crippen LogP contribution is -2.61. The van der Waals surface area contributed by atoms with Gasteiger partial charge in [0.25, 0.3) is 0 Å². The molecule has 3 rings (SSSR count). The highest BCUT2D eigenvalue weighted by molar-refractivity contribution is 6.14. The molecule has 0 aliphatic carbocycles. The molecule has 8 heteroatoms. The second kappa shape index (κ2) is 5.03. The number of nitrogens with zero attached hydrogens (tertiary/aromatic N) is 1. The Kier molecular flexibility index (Phi) is 3.41. The molecule has 1 aliphatic heterocycles. The molecular weight excluding hydrogens is 288 g/mol. The highest BCUT2D eigenvalue weighted by atomic mass is 19.1. The summed E-state index contributed by atoms with van der Waals surface area (Å²) < 4.78 is 13.6. The van der Waals surface area contributed by atoms with Crippen molar-refractivity contribution in [2.45, 2.75) is 18.0 Å². The van der Waals surface area contributed by atoms with Crippen LogP contribution in [-0.2, 0) is 12.0 Å². The van der Waals surface area contributed by atoms with Crippen LogP contribution in [0.2, 0.25) is 0 Å². The molecular formula is C14H13BFN3O3. The first-order valence-electron chi connectivity index (χ1n) is 6.53. The highest BCUT2D eigenvalue weighted by Gasteiger charge is 2.41. The van der Waals surface area contributed by atoms with Crippen LogP contribution >= 0.6 is 0 Å². The first-order valence-corrected chi connectivity index (χ1v) is 6.53. The highest BCUT2D eigenvalue weighted by Crippen LogP contribution is 2.30. The lowest BCUT2D eigenvalue weighted by molar-refractivity contribution is -0.221. The molecule has 22 heavy (non-hydrogen) atoms. The first-order chi connectivity index (χ1) is 10.3. The van der Waals surface area contributed by atoms with Gasteiger partial charge in [-0.15, -0.1) is 0 Å². The van der Waals surface area contributed by atoms with Crippen molar-refractivity contribution in [3.63, 3.8) is 0 Å². The van der Waals surface area contributed by atoms with Crippen LogP contribution in [0.15, 0.2) is 36.5 Å². The van der Waals surface area contributed by atoms with Gasteiger partial charge in [-0.3, -0.25) is 4.98 Å². The zero-order chi connectivity index (χ0) is 16.0. The van der Waals surface area contributed by atoms with Crippen LogP contribution in [0.1, 0.15) is 11.3 Å². The Labute approximate surface area is 127 Å². The Morgan fingerprint density at radius 3 is 2.73 bits per heavy atom. The summed E-state index contributed by atoms with van der Waals surface area (Å²) >= 11 is 0. The van der Waals surface area contributed by atoms with Crippen molar-refractivity contribution in [2.75, 3.05) is 5.32 Å². The average Bonchev–Trinajstić information content (AvgIpc) is 2.40. The molecule has 1 aromatic carbocycles. The maximum absolute atomic E-state index is 13.6. The Hall–Kier alpha value is -2.00. The topological polar surface area (TPSA) is 97.6 Å². The fraction of sp³-hybridized carbons (Fsp3) is 0.214. The largest absolute Gasteiger partial charge is 0.381 e. The van der Waals surface area contributed by atoms with Crippen LogP contribution in [0, 0.1) is 5.82 Å². The Morgan fingerprint density at radius 1 is 1.27 bits per heavy atom. The van der Waals surface area contributed by atoms with Gasteiger partial charge in [-0.2, -0.15) is 0 Å². The van der Waals surface area contributed by atoms with Crippen molar-refractivity contribution in [1.29, 1.82) is 0 Å². The van der Waals surface area contributed by atoms with E-state index in [4.69, 9.17) is 7.85 Å². The number of aliphatic hydroxyl groups is 3. The minimum Gasteiger partial charge on any atom is -0.381 e. The van der Waals surface area contributed by atoms with Crippen molar-refractivity contribution in [2.24, 2.45) is 0 Å². The predicted molar refractivity (Wildman–Crippen MR) is 77.6 cm³/mol. The summed E-state index contributed by atoms with van der Waals surface area (Å²) in [6, 6.07) is 7.56. The second-order valence-corrected chi connectivity index (χ2v) is 5.21. The van der Waals surface area contributed by atoms with Gasteiger partial charge < -0.3 is 20.6 Å². The number of nitrogens with one attached hydrogen (secondary N) is 2. The fourth-order valence-corrected chi connectivity index (χ4v) is 2.40. The minimum absolute atomic E-state index is 0.174. The third-order valence-corrected chi connectivity index (χ3v) is 3.34. The SMILES string of the molecule is [B]C1(O)NC(O)(O)Cc2ncc(Nc3ccccc3F)cc21. The van der Waals surface area contributed by atoms with Crippen LogP contribution in [-0.4, -0.2) is 34.1 Å². The number of pyridine rings is 1. The Morgan fingerprint density at radius 2 is 2.00 bits per heavy atom. The third kappa shape index (κ3) is 2.82. The van der Waals surface area contributed by atoms with E-state index in [1.165, 1.54) is 18.3 Å². The van der Waals surface area contributed by atoms with Crippen LogP contribution in [0.5, 0.6) is 0 Å². The molecule has 1 atom stereocenters. The molecule has 0 amide bonds. The summed E-state index contributed by atoms with van der Waals surface area (Å²) in [5.74, 6) is -2.80. The second-order valence-electron chi connectivity index (χ2n) is 5.21. The fourth-order valence-electron chi connectivity index (χ4n) is 2.40. The average molecular weight is 301 g/mol. The summed E-state index contributed by atoms with van der Waals surface area (Å²) in [6.45, 7) is 0. The van der Waals surface area contributed by atoms with Gasteiger partial charge in [0.15, 0.2) is 0 Å². The monoisotopic (exact) mass is 301 g/mol. The van der Waals surface area contributed by atoms with Crippen LogP contribution in [0.25, 0.3) is 0 Å². The summed E-state index contributed by atoms with van der Waals surface area (Å²) in [7, 11) is 5.64. The van der Waals surface area contributed by atoms with E-state index in [0.717, 1.165) is 0 Å². The quantitative estimate of drug-likeness (QED) is 0.396. The van der Waals surface area contributed by atoms with E-state index < -0.39 is 17.4 Å². The van der Waals surface area contributed by atoms with Crippen molar-refractivity contribution in [3.8, 4) is 0 Å². The molecule has 1 aromatic heterocycles. The van der Waals surface area contributed by atoms with E-state index in [9.17, 15) is 19.7 Å². The van der Waals surface area contributed by atoms with E-state index in [1.54, 1.807) is 18.2 Å². The molecule has 2 radical (unpaired) electrons. The summed E-state index contributed by atoms with van der Waals surface area (Å²) in [5, 5.41) is 34.2. The Bertz CT molecular complexity index is 724. The summed E-state index contributed by atoms with van der Waals surface area (Å²) in [6.07, 6.45) is 1.14. The molecule has 0 fully saturated rings. The Balaban J connectivity index is 1.96. The molecule has 2 heterocycles. The molecule has 1 aliphatic rings. The van der Waals surface area contributed by atoms with Gasteiger partial charge in [0.1, 0.15) is 19.3 Å². The lowest BCUT2D eigenvalue weighted by Gasteiger charge is -2.40. The number of anilines is 2. The first kappa shape index (κ1) is 14.9. The van der Waals surface area contributed by atoms with E-state index in [1.807, 2.05) is 0 Å². The van der Waals surface area contributed by atoms with Crippen LogP contribution in [0.3, 0.4) is 0 Å². The van der Waals surface area contributed by atoms with Gasteiger partial charge in [-0.1, -0.05) is 12.1 Å². The van der Waals surface area contributed by atoms with Gasteiger partial charge in [0, 0.05) is 5.56 Å². The predicted octanol–water partition coefficient (Wildman–Crippen LogP) is 0.0195. The smallest absolute Gasteiger partial charge is 0.229 e. The van der Waals surface area contributed by atoms with Gasteiger partial charge in [0.05, 0.1) is 29.7 Å². The van der Waals surface area contributed by atoms with Crippen LogP contribution in [0.4, 0.5) is 15.8 Å². The molecule has 5 N–H and O–H groups in total. The van der Waals surface area contributed by atoms with Crippen molar-refractivity contribution in [1.82, 2.24) is 10.3 Å². The number of para-hydroxylation sites is 1. The molecule has 0 saturated carbocycles. The molecule has 0 spiro atoms. The van der Waals surface area contributed by atoms with Crippen molar-refractivity contribution >= 4 is 19.2 Å². The zero-order valence-electron chi connectivity index (χ0n) is 11.4. The summed E-state index contributed by atoms with van der Waals surface area (Å²) in [5.41, 5.74) is -1.12. The lowest BCUT2D eigenvalue weighted by atomic mass is 9.79.